The standard InChI is InChI=1S/C12H12N2O2/c15-11(9-5-1-2-6-9)13-14-12(16)10-7-3-4-8-10/h1-8,13-16H/p-2. The van der Waals surface area contributed by atoms with Crippen LogP contribution in [0.1, 0.15) is 0 Å². The van der Waals surface area contributed by atoms with Gasteiger partial charge >= 0.3 is 0 Å². The van der Waals surface area contributed by atoms with Crippen molar-refractivity contribution in [3.8, 4) is 0 Å². The molecule has 0 saturated heterocycles. The number of allylic oxidation sites excluding steroid dienone is 10. The Morgan fingerprint density at radius 2 is 1.00 bits per heavy atom. The summed E-state index contributed by atoms with van der Waals surface area (Å²) in [6, 6.07) is 0. The van der Waals surface area contributed by atoms with Gasteiger partial charge in [-0.1, -0.05) is 48.6 Å². The van der Waals surface area contributed by atoms with Crippen molar-refractivity contribution in [2.45, 2.75) is 0 Å². The van der Waals surface area contributed by atoms with Crippen LogP contribution in [0.15, 0.2) is 71.5 Å². The minimum absolute atomic E-state index is 0.329. The zero-order chi connectivity index (χ0) is 11.4. The first-order chi connectivity index (χ1) is 7.77. The highest BCUT2D eigenvalue weighted by molar-refractivity contribution is 5.42. The predicted octanol–water partition coefficient (Wildman–Crippen LogP) is -0.524. The van der Waals surface area contributed by atoms with Crippen molar-refractivity contribution < 1.29 is 10.2 Å². The van der Waals surface area contributed by atoms with E-state index in [1.165, 1.54) is 0 Å². The van der Waals surface area contributed by atoms with Crippen LogP contribution in [-0.4, -0.2) is 0 Å². The average molecular weight is 214 g/mol. The first-order valence-electron chi connectivity index (χ1n) is 4.81. The second-order valence-electron chi connectivity index (χ2n) is 3.26. The lowest BCUT2D eigenvalue weighted by Gasteiger charge is -2.23. The van der Waals surface area contributed by atoms with Gasteiger partial charge in [-0.15, -0.1) is 0 Å². The molecule has 0 aliphatic heterocycles. The number of hydrogen-bond acceptors (Lipinski definition) is 4. The lowest BCUT2D eigenvalue weighted by molar-refractivity contribution is -0.331. The highest BCUT2D eigenvalue weighted by Crippen LogP contribution is 2.09. The van der Waals surface area contributed by atoms with Crippen LogP contribution in [-0.2, 0) is 0 Å². The Hall–Kier alpha value is -2.36. The SMILES string of the molecule is [O-]C(NNC([O-])=C1C=CC=C1)=C1C=CC=C1. The fraction of sp³-hybridized carbons (Fsp3) is 0. The molecule has 0 aromatic carbocycles. The summed E-state index contributed by atoms with van der Waals surface area (Å²) in [5.41, 5.74) is 5.70. The fourth-order valence-corrected chi connectivity index (χ4v) is 1.31. The third-order valence-corrected chi connectivity index (χ3v) is 2.14. The van der Waals surface area contributed by atoms with Crippen LogP contribution in [0.3, 0.4) is 0 Å². The van der Waals surface area contributed by atoms with Crippen molar-refractivity contribution in [2.75, 3.05) is 0 Å². The van der Waals surface area contributed by atoms with Gasteiger partial charge in [-0.3, -0.25) is 0 Å². The zero-order valence-corrected chi connectivity index (χ0v) is 8.44. The molecule has 4 nitrogen and oxygen atoms in total. The summed E-state index contributed by atoms with van der Waals surface area (Å²) < 4.78 is 0. The summed E-state index contributed by atoms with van der Waals surface area (Å²) in [7, 11) is 0. The van der Waals surface area contributed by atoms with Crippen LogP contribution < -0.4 is 21.1 Å². The molecule has 2 rings (SSSR count). The Morgan fingerprint density at radius 1 is 0.688 bits per heavy atom. The maximum atomic E-state index is 11.5. The highest BCUT2D eigenvalue weighted by atomic mass is 16.3. The number of hydrogen-bond donors (Lipinski definition) is 2. The molecule has 0 saturated carbocycles. The minimum atomic E-state index is -0.329. The summed E-state index contributed by atoms with van der Waals surface area (Å²) in [5.74, 6) is -0.658. The van der Waals surface area contributed by atoms with E-state index in [1.807, 2.05) is 0 Å². The molecule has 0 atom stereocenters. The Kier molecular flexibility index (Phi) is 2.82. The van der Waals surface area contributed by atoms with E-state index in [0.717, 1.165) is 0 Å². The van der Waals surface area contributed by atoms with Crippen LogP contribution in [0.4, 0.5) is 0 Å². The van der Waals surface area contributed by atoms with Crippen molar-refractivity contribution in [2.24, 2.45) is 0 Å². The van der Waals surface area contributed by atoms with Crippen molar-refractivity contribution in [1.82, 2.24) is 10.9 Å². The van der Waals surface area contributed by atoms with Gasteiger partial charge in [0.2, 0.25) is 0 Å². The van der Waals surface area contributed by atoms with Crippen LogP contribution in [0, 0.1) is 0 Å². The van der Waals surface area contributed by atoms with Gasteiger partial charge in [0, 0.05) is 0 Å². The van der Waals surface area contributed by atoms with Gasteiger partial charge in [-0.05, 0) is 22.9 Å². The molecule has 2 N–H and O–H groups in total. The zero-order valence-electron chi connectivity index (χ0n) is 8.44. The summed E-state index contributed by atoms with van der Waals surface area (Å²) in [4.78, 5) is 0. The molecule has 0 aromatic rings. The maximum absolute atomic E-state index is 11.5. The molecular weight excluding hydrogens is 204 g/mol. The van der Waals surface area contributed by atoms with E-state index < -0.39 is 0 Å². The molecule has 0 aromatic heterocycles. The molecule has 16 heavy (non-hydrogen) atoms. The van der Waals surface area contributed by atoms with Gasteiger partial charge in [-0.2, -0.15) is 0 Å². The normalized spacial score (nSPS) is 16.0. The van der Waals surface area contributed by atoms with Crippen molar-refractivity contribution >= 4 is 0 Å². The summed E-state index contributed by atoms with van der Waals surface area (Å²) in [5, 5.41) is 22.9. The van der Waals surface area contributed by atoms with E-state index in [1.54, 1.807) is 48.6 Å². The van der Waals surface area contributed by atoms with Crippen molar-refractivity contribution in [3.05, 3.63) is 71.5 Å². The molecule has 0 unspecified atom stereocenters. The summed E-state index contributed by atoms with van der Waals surface area (Å²) in [6.45, 7) is 0. The topological polar surface area (TPSA) is 70.2 Å². The van der Waals surface area contributed by atoms with Crippen LogP contribution in [0.5, 0.6) is 0 Å². The van der Waals surface area contributed by atoms with Crippen molar-refractivity contribution in [3.63, 3.8) is 0 Å². The van der Waals surface area contributed by atoms with E-state index in [9.17, 15) is 10.2 Å². The van der Waals surface area contributed by atoms with Gasteiger partial charge in [0.1, 0.15) is 0 Å². The first kappa shape index (κ1) is 10.2. The number of hydrazine groups is 1. The molecule has 2 aliphatic carbocycles. The molecule has 2 aliphatic rings. The molecular formula is C12H10N2O2-2. The van der Waals surface area contributed by atoms with Gasteiger partial charge in [0.05, 0.1) is 0 Å². The Morgan fingerprint density at radius 3 is 1.31 bits per heavy atom. The van der Waals surface area contributed by atoms with E-state index in [2.05, 4.69) is 10.9 Å². The van der Waals surface area contributed by atoms with E-state index >= 15 is 0 Å². The minimum Gasteiger partial charge on any atom is -0.859 e. The van der Waals surface area contributed by atoms with Gasteiger partial charge in [0.25, 0.3) is 0 Å². The Labute approximate surface area is 93.3 Å². The van der Waals surface area contributed by atoms with E-state index in [4.69, 9.17) is 0 Å². The Bertz CT molecular complexity index is 393. The van der Waals surface area contributed by atoms with E-state index in [0.29, 0.717) is 11.1 Å². The molecule has 0 heterocycles. The third kappa shape index (κ3) is 2.17. The Balaban J connectivity index is 1.98. The lowest BCUT2D eigenvalue weighted by atomic mass is 10.3. The molecule has 0 amide bonds. The smallest absolute Gasteiger partial charge is 0.0149 e. The predicted molar refractivity (Wildman–Crippen MR) is 56.9 cm³/mol. The molecule has 0 spiro atoms. The number of rotatable bonds is 3. The fourth-order valence-electron chi connectivity index (χ4n) is 1.31. The van der Waals surface area contributed by atoms with Crippen LogP contribution in [0.2, 0.25) is 0 Å². The third-order valence-electron chi connectivity index (χ3n) is 2.14. The monoisotopic (exact) mass is 214 g/mol. The largest absolute Gasteiger partial charge is 0.859 e. The summed E-state index contributed by atoms with van der Waals surface area (Å²) >= 11 is 0. The van der Waals surface area contributed by atoms with Gasteiger partial charge < -0.3 is 21.1 Å². The maximum Gasteiger partial charge on any atom is -0.0149 e. The number of nitrogens with one attached hydrogen (secondary N) is 2. The lowest BCUT2D eigenvalue weighted by Crippen LogP contribution is -2.40. The average Bonchev–Trinajstić information content (AvgIpc) is 2.95. The van der Waals surface area contributed by atoms with E-state index in [-0.39, 0.29) is 11.8 Å². The molecule has 82 valence electrons. The second-order valence-corrected chi connectivity index (χ2v) is 3.26. The van der Waals surface area contributed by atoms with Gasteiger partial charge in [0.15, 0.2) is 0 Å². The highest BCUT2D eigenvalue weighted by Gasteiger charge is 1.95. The van der Waals surface area contributed by atoms with Crippen LogP contribution in [0.25, 0.3) is 0 Å². The molecule has 4 heteroatoms. The quantitative estimate of drug-likeness (QED) is 0.490. The van der Waals surface area contributed by atoms with Gasteiger partial charge in [-0.25, -0.2) is 0 Å². The van der Waals surface area contributed by atoms with Crippen LogP contribution >= 0.6 is 0 Å². The first-order valence-corrected chi connectivity index (χ1v) is 4.81. The molecule has 0 fully saturated rings. The second kappa shape index (κ2) is 4.44. The summed E-state index contributed by atoms with van der Waals surface area (Å²) in [6.07, 6.45) is 13.7. The molecule has 0 bridgehead atoms. The van der Waals surface area contributed by atoms with Crippen molar-refractivity contribution in [1.29, 1.82) is 0 Å². The molecule has 0 radical (unpaired) electrons.